The Bertz CT molecular complexity index is 996. The first-order valence-corrected chi connectivity index (χ1v) is 12.4. The number of piperazine rings is 2. The molecule has 4 rings (SSSR count). The number of hydrogen-bond acceptors (Lipinski definition) is 8. The predicted molar refractivity (Wildman–Crippen MR) is 129 cm³/mol. The quantitative estimate of drug-likeness (QED) is 0.453. The first-order valence-electron chi connectivity index (χ1n) is 11.4. The molecule has 34 heavy (non-hydrogen) atoms. The second-order valence-electron chi connectivity index (χ2n) is 8.00. The molecule has 2 aliphatic heterocycles. The second-order valence-corrected chi connectivity index (χ2v) is 8.99. The predicted octanol–water partition coefficient (Wildman–Crippen LogP) is 2.34. The van der Waals surface area contributed by atoms with Crippen LogP contribution in [0.15, 0.2) is 41.7 Å². The molecule has 0 unspecified atom stereocenters. The summed E-state index contributed by atoms with van der Waals surface area (Å²) in [5.74, 6) is 0.897. The van der Waals surface area contributed by atoms with E-state index >= 15 is 0 Å². The second kappa shape index (κ2) is 11.4. The van der Waals surface area contributed by atoms with E-state index in [1.54, 1.807) is 28.9 Å². The summed E-state index contributed by atoms with van der Waals surface area (Å²) in [6.07, 6.45) is 1.19. The van der Waals surface area contributed by atoms with Crippen molar-refractivity contribution in [2.24, 2.45) is 0 Å². The van der Waals surface area contributed by atoms with E-state index in [0.717, 1.165) is 23.9 Å². The van der Waals surface area contributed by atoms with E-state index in [4.69, 9.17) is 4.74 Å². The number of carbonyl (C=O) groups excluding carboxylic acids is 2. The topological polar surface area (TPSA) is 82.1 Å². The van der Waals surface area contributed by atoms with Gasteiger partial charge in [0, 0.05) is 58.4 Å². The van der Waals surface area contributed by atoms with Gasteiger partial charge in [0.1, 0.15) is 23.0 Å². The zero-order chi connectivity index (χ0) is 23.9. The molecule has 3 heterocycles. The van der Waals surface area contributed by atoms with Crippen LogP contribution >= 0.6 is 11.8 Å². The third kappa shape index (κ3) is 5.88. The molecule has 0 radical (unpaired) electrons. The first kappa shape index (κ1) is 24.1. The molecule has 1 aromatic heterocycles. The summed E-state index contributed by atoms with van der Waals surface area (Å²) in [5.41, 5.74) is 0.627. The Kier molecular flexibility index (Phi) is 8.04. The highest BCUT2D eigenvalue weighted by molar-refractivity contribution is 7.99. The summed E-state index contributed by atoms with van der Waals surface area (Å²) in [5, 5.41) is 0.736. The highest BCUT2D eigenvalue weighted by atomic mass is 32.2. The molecule has 0 N–H and O–H groups in total. The van der Waals surface area contributed by atoms with Crippen molar-refractivity contribution in [1.82, 2.24) is 19.8 Å². The Morgan fingerprint density at radius 2 is 1.65 bits per heavy atom. The fraction of sp³-hybridized carbons (Fsp3) is 0.478. The Labute approximate surface area is 202 Å². The lowest BCUT2D eigenvalue weighted by atomic mass is 10.2. The van der Waals surface area contributed by atoms with Gasteiger partial charge in [-0.25, -0.2) is 19.2 Å². The third-order valence-corrected chi connectivity index (χ3v) is 6.84. The van der Waals surface area contributed by atoms with Gasteiger partial charge in [-0.1, -0.05) is 23.9 Å². The normalized spacial score (nSPS) is 16.5. The van der Waals surface area contributed by atoms with Crippen molar-refractivity contribution >= 4 is 35.3 Å². The zero-order valence-corrected chi connectivity index (χ0v) is 20.0. The molecule has 0 saturated carbocycles. The van der Waals surface area contributed by atoms with E-state index in [2.05, 4.69) is 14.9 Å². The van der Waals surface area contributed by atoms with Gasteiger partial charge in [0.15, 0.2) is 0 Å². The number of para-hydroxylation sites is 1. The van der Waals surface area contributed by atoms with Crippen LogP contribution < -0.4 is 9.80 Å². The van der Waals surface area contributed by atoms with E-state index in [1.807, 2.05) is 17.0 Å². The number of hydrogen-bond donors (Lipinski definition) is 0. The number of aromatic nitrogens is 2. The molecule has 9 nitrogen and oxygen atoms in total. The van der Waals surface area contributed by atoms with Crippen LogP contribution in [-0.2, 0) is 9.53 Å². The van der Waals surface area contributed by atoms with E-state index in [-0.39, 0.29) is 23.6 Å². The lowest BCUT2D eigenvalue weighted by molar-refractivity contribution is -0.129. The van der Waals surface area contributed by atoms with Crippen LogP contribution in [-0.4, -0.2) is 96.5 Å². The fourth-order valence-corrected chi connectivity index (χ4v) is 4.81. The minimum absolute atomic E-state index is 0.0205. The molecule has 1 aromatic carbocycles. The summed E-state index contributed by atoms with van der Waals surface area (Å²) in [7, 11) is 0. The maximum atomic E-state index is 14.1. The number of anilines is 2. The molecule has 2 fully saturated rings. The Morgan fingerprint density at radius 1 is 0.971 bits per heavy atom. The summed E-state index contributed by atoms with van der Waals surface area (Å²) in [4.78, 5) is 40.8. The molecule has 2 aliphatic rings. The lowest BCUT2D eigenvalue weighted by Crippen LogP contribution is -2.51. The van der Waals surface area contributed by atoms with Crippen molar-refractivity contribution < 1.29 is 18.7 Å². The van der Waals surface area contributed by atoms with Crippen LogP contribution in [0.25, 0.3) is 0 Å². The molecule has 0 spiro atoms. The van der Waals surface area contributed by atoms with Gasteiger partial charge in [0.05, 0.1) is 18.0 Å². The average Bonchev–Trinajstić information content (AvgIpc) is 2.88. The molecule has 0 aliphatic carbocycles. The van der Waals surface area contributed by atoms with Crippen LogP contribution in [0.4, 0.5) is 20.7 Å². The van der Waals surface area contributed by atoms with Gasteiger partial charge in [-0.15, -0.1) is 0 Å². The molecular formula is C23H29FN6O3S. The smallest absolute Gasteiger partial charge is 0.409 e. The summed E-state index contributed by atoms with van der Waals surface area (Å²) in [6, 6.07) is 8.73. The molecule has 0 bridgehead atoms. The van der Waals surface area contributed by atoms with Crippen molar-refractivity contribution in [2.75, 3.05) is 74.5 Å². The van der Waals surface area contributed by atoms with Gasteiger partial charge in [-0.3, -0.25) is 4.79 Å². The molecular weight excluding hydrogens is 459 g/mol. The maximum absolute atomic E-state index is 14.1. The summed E-state index contributed by atoms with van der Waals surface area (Å²) < 4.78 is 19.1. The average molecular weight is 489 g/mol. The Balaban J connectivity index is 1.25. The highest BCUT2D eigenvalue weighted by Crippen LogP contribution is 2.24. The molecule has 2 amide bonds. The minimum Gasteiger partial charge on any atom is -0.450 e. The fourth-order valence-electron chi connectivity index (χ4n) is 4.05. The largest absolute Gasteiger partial charge is 0.450 e. The zero-order valence-electron chi connectivity index (χ0n) is 19.2. The van der Waals surface area contributed by atoms with Crippen molar-refractivity contribution in [3.05, 3.63) is 42.5 Å². The number of thioether (sulfide) groups is 1. The van der Waals surface area contributed by atoms with Gasteiger partial charge >= 0.3 is 6.09 Å². The number of amides is 2. The van der Waals surface area contributed by atoms with Crippen LogP contribution in [0.1, 0.15) is 6.92 Å². The monoisotopic (exact) mass is 488 g/mol. The number of halogens is 1. The first-order chi connectivity index (χ1) is 16.5. The van der Waals surface area contributed by atoms with E-state index in [9.17, 15) is 14.0 Å². The van der Waals surface area contributed by atoms with Gasteiger partial charge in [0.2, 0.25) is 5.91 Å². The SMILES string of the molecule is CCOC(=O)N1CCN(C(=O)CSc2cc(N3CCN(c4ccccc4F)CC3)ncn2)CC1. The van der Waals surface area contributed by atoms with Gasteiger partial charge in [-0.05, 0) is 19.1 Å². The van der Waals surface area contributed by atoms with E-state index < -0.39 is 0 Å². The van der Waals surface area contributed by atoms with Crippen molar-refractivity contribution in [3.63, 3.8) is 0 Å². The maximum Gasteiger partial charge on any atom is 0.409 e. The Morgan fingerprint density at radius 3 is 2.35 bits per heavy atom. The van der Waals surface area contributed by atoms with Crippen LogP contribution in [0.2, 0.25) is 0 Å². The van der Waals surface area contributed by atoms with Crippen LogP contribution in [0, 0.1) is 5.82 Å². The van der Waals surface area contributed by atoms with Gasteiger partial charge in [0.25, 0.3) is 0 Å². The van der Waals surface area contributed by atoms with Crippen molar-refractivity contribution in [3.8, 4) is 0 Å². The molecule has 11 heteroatoms. The highest BCUT2D eigenvalue weighted by Gasteiger charge is 2.25. The summed E-state index contributed by atoms with van der Waals surface area (Å²) in [6.45, 7) is 6.91. The number of rotatable bonds is 6. The summed E-state index contributed by atoms with van der Waals surface area (Å²) >= 11 is 1.38. The standard InChI is InChI=1S/C23H29FN6O3S/c1-2-33-23(32)30-13-11-29(12-14-30)22(31)16-34-21-15-20(25-17-26-21)28-9-7-27(8-10-28)19-6-4-3-5-18(19)24/h3-6,15,17H,2,7-14,16H2,1H3. The van der Waals surface area contributed by atoms with Crippen molar-refractivity contribution in [1.29, 1.82) is 0 Å². The molecule has 2 saturated heterocycles. The van der Waals surface area contributed by atoms with E-state index in [1.165, 1.54) is 24.2 Å². The van der Waals surface area contributed by atoms with Crippen LogP contribution in [0.5, 0.6) is 0 Å². The van der Waals surface area contributed by atoms with Gasteiger partial charge < -0.3 is 24.3 Å². The van der Waals surface area contributed by atoms with Gasteiger partial charge in [-0.2, -0.15) is 0 Å². The number of nitrogens with zero attached hydrogens (tertiary/aromatic N) is 6. The minimum atomic E-state index is -0.327. The number of benzene rings is 1. The Hall–Kier alpha value is -3.08. The van der Waals surface area contributed by atoms with Crippen molar-refractivity contribution in [2.45, 2.75) is 11.9 Å². The lowest BCUT2D eigenvalue weighted by Gasteiger charge is -2.36. The van der Waals surface area contributed by atoms with Crippen LogP contribution in [0.3, 0.4) is 0 Å². The molecule has 0 atom stereocenters. The number of ether oxygens (including phenoxy) is 1. The van der Waals surface area contributed by atoms with E-state index in [0.29, 0.717) is 51.6 Å². The molecule has 2 aromatic rings. The number of carbonyl (C=O) groups is 2. The molecule has 182 valence electrons. The third-order valence-electron chi connectivity index (χ3n) is 5.93.